The van der Waals surface area contributed by atoms with Crippen LogP contribution >= 0.6 is 11.3 Å². The number of aliphatic carboxylic acids is 1. The molecule has 1 aliphatic rings. The topological polar surface area (TPSA) is 69.6 Å². The van der Waals surface area contributed by atoms with Crippen LogP contribution in [0.15, 0.2) is 12.1 Å². The number of carboxylic acid groups (broad SMARTS) is 1. The average molecular weight is 296 g/mol. The first-order valence-corrected chi connectivity index (χ1v) is 7.67. The van der Waals surface area contributed by atoms with Crippen molar-refractivity contribution in [3.05, 3.63) is 21.9 Å². The Morgan fingerprint density at radius 2 is 2.25 bits per heavy atom. The minimum absolute atomic E-state index is 0.0858. The number of likely N-dealkylation sites (tertiary alicyclic amines) is 1. The Balaban J connectivity index is 1.75. The number of carboxylic acids is 1. The average Bonchev–Trinajstić information content (AvgIpc) is 2.97. The molecule has 20 heavy (non-hydrogen) atoms. The standard InChI is InChI=1S/C14H20N2O3S/c1-10(9-16-6-2-3-13(16)17)15-8-12-5-4-11(20-12)7-14(18)19/h4-5,10,15H,2-3,6-9H2,1H3,(H,18,19). The highest BCUT2D eigenvalue weighted by Crippen LogP contribution is 2.17. The monoisotopic (exact) mass is 296 g/mol. The molecular formula is C14H20N2O3S. The molecule has 0 spiro atoms. The molecule has 6 heteroatoms. The zero-order valence-electron chi connectivity index (χ0n) is 11.6. The fourth-order valence-corrected chi connectivity index (χ4v) is 3.29. The quantitative estimate of drug-likeness (QED) is 0.799. The number of hydrogen-bond donors (Lipinski definition) is 2. The van der Waals surface area contributed by atoms with Crippen molar-refractivity contribution >= 4 is 23.2 Å². The number of nitrogens with one attached hydrogen (secondary N) is 1. The zero-order valence-corrected chi connectivity index (χ0v) is 12.4. The fourth-order valence-electron chi connectivity index (χ4n) is 2.33. The highest BCUT2D eigenvalue weighted by molar-refractivity contribution is 7.12. The second kappa shape index (κ2) is 6.85. The lowest BCUT2D eigenvalue weighted by atomic mass is 10.3. The van der Waals surface area contributed by atoms with Gasteiger partial charge in [-0.2, -0.15) is 0 Å². The van der Waals surface area contributed by atoms with Crippen molar-refractivity contribution < 1.29 is 14.7 Å². The largest absolute Gasteiger partial charge is 0.481 e. The molecule has 2 heterocycles. The summed E-state index contributed by atoms with van der Waals surface area (Å²) in [5.74, 6) is -0.550. The summed E-state index contributed by atoms with van der Waals surface area (Å²) >= 11 is 1.52. The molecule has 1 amide bonds. The van der Waals surface area contributed by atoms with Crippen molar-refractivity contribution in [2.45, 2.75) is 38.8 Å². The number of carbonyl (C=O) groups excluding carboxylic acids is 1. The predicted molar refractivity (Wildman–Crippen MR) is 77.8 cm³/mol. The molecule has 0 bridgehead atoms. The van der Waals surface area contributed by atoms with Gasteiger partial charge in [-0.3, -0.25) is 9.59 Å². The minimum atomic E-state index is -0.799. The smallest absolute Gasteiger partial charge is 0.308 e. The third-order valence-corrected chi connectivity index (χ3v) is 4.42. The van der Waals surface area contributed by atoms with E-state index in [0.717, 1.165) is 29.3 Å². The molecule has 1 atom stereocenters. The van der Waals surface area contributed by atoms with Crippen molar-refractivity contribution in [1.82, 2.24) is 10.2 Å². The Bertz CT molecular complexity index is 487. The van der Waals surface area contributed by atoms with Gasteiger partial charge in [-0.1, -0.05) is 0 Å². The van der Waals surface area contributed by atoms with Crippen molar-refractivity contribution in [3.8, 4) is 0 Å². The third kappa shape index (κ3) is 4.31. The summed E-state index contributed by atoms with van der Waals surface area (Å²) < 4.78 is 0. The molecule has 0 aromatic carbocycles. The molecule has 0 radical (unpaired) electrons. The van der Waals surface area contributed by atoms with Gasteiger partial charge < -0.3 is 15.3 Å². The molecule has 0 saturated carbocycles. The number of thiophene rings is 1. The van der Waals surface area contributed by atoms with E-state index in [0.29, 0.717) is 13.0 Å². The number of amides is 1. The molecule has 1 aliphatic heterocycles. The van der Waals surface area contributed by atoms with Crippen molar-refractivity contribution in [3.63, 3.8) is 0 Å². The maximum atomic E-state index is 11.5. The Morgan fingerprint density at radius 1 is 1.50 bits per heavy atom. The first kappa shape index (κ1) is 15.0. The Kier molecular flexibility index (Phi) is 5.14. The van der Waals surface area contributed by atoms with Crippen LogP contribution < -0.4 is 5.32 Å². The molecule has 1 fully saturated rings. The second-order valence-corrected chi connectivity index (χ2v) is 6.42. The van der Waals surface area contributed by atoms with Gasteiger partial charge in [0.2, 0.25) is 5.91 Å². The van der Waals surface area contributed by atoms with Crippen LogP contribution in [-0.2, 0) is 22.6 Å². The molecular weight excluding hydrogens is 276 g/mol. The number of nitrogens with zero attached hydrogens (tertiary/aromatic N) is 1. The van der Waals surface area contributed by atoms with Crippen molar-refractivity contribution in [2.75, 3.05) is 13.1 Å². The SMILES string of the molecule is CC(CN1CCCC1=O)NCc1ccc(CC(=O)O)s1. The Morgan fingerprint density at radius 3 is 2.90 bits per heavy atom. The zero-order chi connectivity index (χ0) is 14.5. The van der Waals surface area contributed by atoms with Gasteiger partial charge in [0.15, 0.2) is 0 Å². The third-order valence-electron chi connectivity index (χ3n) is 3.33. The highest BCUT2D eigenvalue weighted by atomic mass is 32.1. The van der Waals surface area contributed by atoms with Gasteiger partial charge in [0.05, 0.1) is 6.42 Å². The molecule has 2 N–H and O–H groups in total. The van der Waals surface area contributed by atoms with E-state index in [1.54, 1.807) is 0 Å². The summed E-state index contributed by atoms with van der Waals surface area (Å²) in [6.45, 7) is 4.39. The fraction of sp³-hybridized carbons (Fsp3) is 0.571. The van der Waals surface area contributed by atoms with Gasteiger partial charge in [-0.15, -0.1) is 11.3 Å². The highest BCUT2D eigenvalue weighted by Gasteiger charge is 2.21. The summed E-state index contributed by atoms with van der Waals surface area (Å²) in [5.41, 5.74) is 0. The Hall–Kier alpha value is -1.40. The van der Waals surface area contributed by atoms with E-state index in [4.69, 9.17) is 5.11 Å². The number of rotatable bonds is 7. The molecule has 0 aliphatic carbocycles. The second-order valence-electron chi connectivity index (χ2n) is 5.16. The van der Waals surface area contributed by atoms with Crippen LogP contribution in [0.1, 0.15) is 29.5 Å². The molecule has 110 valence electrons. The first-order chi connectivity index (χ1) is 9.54. The van der Waals surface area contributed by atoms with Crippen LogP contribution in [0, 0.1) is 0 Å². The normalized spacial score (nSPS) is 16.6. The van der Waals surface area contributed by atoms with Crippen molar-refractivity contribution in [2.24, 2.45) is 0 Å². The molecule has 2 rings (SSSR count). The van der Waals surface area contributed by atoms with E-state index >= 15 is 0 Å². The molecule has 1 aromatic heterocycles. The van der Waals surface area contributed by atoms with Gasteiger partial charge in [0.1, 0.15) is 0 Å². The summed E-state index contributed by atoms with van der Waals surface area (Å²) in [4.78, 5) is 26.1. The van der Waals surface area contributed by atoms with E-state index < -0.39 is 5.97 Å². The Labute approximate surface area is 122 Å². The van der Waals surface area contributed by atoms with Gasteiger partial charge in [-0.05, 0) is 25.5 Å². The lowest BCUT2D eigenvalue weighted by Crippen LogP contribution is -2.39. The predicted octanol–water partition coefficient (Wildman–Crippen LogP) is 1.48. The summed E-state index contributed by atoms with van der Waals surface area (Å²) in [5, 5.41) is 12.1. The van der Waals surface area contributed by atoms with Gasteiger partial charge in [-0.25, -0.2) is 0 Å². The van der Waals surface area contributed by atoms with E-state index in [2.05, 4.69) is 12.2 Å². The summed E-state index contributed by atoms with van der Waals surface area (Å²) in [7, 11) is 0. The number of carbonyl (C=O) groups is 2. The number of hydrogen-bond acceptors (Lipinski definition) is 4. The molecule has 1 saturated heterocycles. The maximum Gasteiger partial charge on any atom is 0.308 e. The summed E-state index contributed by atoms with van der Waals surface area (Å²) in [6, 6.07) is 4.07. The van der Waals surface area contributed by atoms with E-state index in [-0.39, 0.29) is 18.4 Å². The first-order valence-electron chi connectivity index (χ1n) is 6.85. The minimum Gasteiger partial charge on any atom is -0.481 e. The van der Waals surface area contributed by atoms with Crippen LogP contribution in [0.4, 0.5) is 0 Å². The lowest BCUT2D eigenvalue weighted by molar-refractivity contribution is -0.136. The van der Waals surface area contributed by atoms with Gasteiger partial charge in [0, 0.05) is 41.9 Å². The van der Waals surface area contributed by atoms with Gasteiger partial charge >= 0.3 is 5.97 Å². The van der Waals surface area contributed by atoms with Crippen LogP contribution in [0.5, 0.6) is 0 Å². The molecule has 1 unspecified atom stereocenters. The maximum absolute atomic E-state index is 11.5. The molecule has 1 aromatic rings. The van der Waals surface area contributed by atoms with Crippen LogP contribution in [0.25, 0.3) is 0 Å². The molecule has 5 nitrogen and oxygen atoms in total. The van der Waals surface area contributed by atoms with Crippen molar-refractivity contribution in [1.29, 1.82) is 0 Å². The van der Waals surface area contributed by atoms with E-state index in [1.807, 2.05) is 17.0 Å². The van der Waals surface area contributed by atoms with Crippen LogP contribution in [0.2, 0.25) is 0 Å². The lowest BCUT2D eigenvalue weighted by Gasteiger charge is -2.21. The van der Waals surface area contributed by atoms with E-state index in [1.165, 1.54) is 11.3 Å². The van der Waals surface area contributed by atoms with E-state index in [9.17, 15) is 9.59 Å². The van der Waals surface area contributed by atoms with Crippen LogP contribution in [-0.4, -0.2) is 41.0 Å². The summed E-state index contributed by atoms with van der Waals surface area (Å²) in [6.07, 6.45) is 1.73. The van der Waals surface area contributed by atoms with Crippen LogP contribution in [0.3, 0.4) is 0 Å². The van der Waals surface area contributed by atoms with Gasteiger partial charge in [0.25, 0.3) is 0 Å².